The Morgan fingerprint density at radius 1 is 1.50 bits per heavy atom. The second-order valence-corrected chi connectivity index (χ2v) is 4.45. The Balaban J connectivity index is 2.88. The molecule has 0 bridgehead atoms. The Labute approximate surface area is 112 Å². The van der Waals surface area contributed by atoms with Crippen LogP contribution in [-0.2, 0) is 4.79 Å². The van der Waals surface area contributed by atoms with Crippen molar-refractivity contribution in [1.29, 1.82) is 0 Å². The van der Waals surface area contributed by atoms with Crippen LogP contribution >= 0.6 is 15.9 Å². The monoisotopic (exact) mass is 310 g/mol. The highest BCUT2D eigenvalue weighted by atomic mass is 79.9. The molecule has 5 nitrogen and oxygen atoms in total. The molecule has 94 valence electrons. The van der Waals surface area contributed by atoms with Crippen LogP contribution in [0.2, 0.25) is 0 Å². The summed E-state index contributed by atoms with van der Waals surface area (Å²) < 4.78 is 0.545. The summed E-state index contributed by atoms with van der Waals surface area (Å²) in [7, 11) is 0. The van der Waals surface area contributed by atoms with Crippen molar-refractivity contribution in [2.75, 3.05) is 5.32 Å². The third-order valence-electron chi connectivity index (χ3n) is 2.09. The van der Waals surface area contributed by atoms with E-state index in [4.69, 9.17) is 17.3 Å². The minimum absolute atomic E-state index is 0.0604. The lowest BCUT2D eigenvalue weighted by atomic mass is 10.2. The zero-order valence-corrected chi connectivity index (χ0v) is 10.9. The van der Waals surface area contributed by atoms with Crippen molar-refractivity contribution in [1.82, 2.24) is 0 Å². The molecule has 0 aliphatic rings. The van der Waals surface area contributed by atoms with Crippen LogP contribution in [0.1, 0.15) is 16.8 Å². The summed E-state index contributed by atoms with van der Waals surface area (Å²) in [6.45, 7) is 0. The molecule has 0 heterocycles. The van der Waals surface area contributed by atoms with Gasteiger partial charge in [0.2, 0.25) is 5.91 Å². The highest BCUT2D eigenvalue weighted by Crippen LogP contribution is 2.20. The molecule has 6 heteroatoms. The van der Waals surface area contributed by atoms with E-state index in [-0.39, 0.29) is 12.0 Å². The molecule has 0 aliphatic carbocycles. The predicted octanol–water partition coefficient (Wildman–Crippen LogP) is 1.44. The second-order valence-electron chi connectivity index (χ2n) is 3.54. The van der Waals surface area contributed by atoms with Gasteiger partial charge in [0.1, 0.15) is 0 Å². The molecule has 0 fully saturated rings. The van der Waals surface area contributed by atoms with E-state index in [1.165, 1.54) is 12.1 Å². The number of aromatic carboxylic acids is 1. The number of rotatable bonds is 4. The fourth-order valence-corrected chi connectivity index (χ4v) is 1.73. The van der Waals surface area contributed by atoms with Gasteiger partial charge in [-0.1, -0.05) is 15.9 Å². The molecule has 0 spiro atoms. The SMILES string of the molecule is C#CCC(N)C(=O)Nc1cc(Br)cc(C(=O)O)c1. The van der Waals surface area contributed by atoms with E-state index in [1.54, 1.807) is 6.07 Å². The van der Waals surface area contributed by atoms with Gasteiger partial charge in [0, 0.05) is 16.6 Å². The van der Waals surface area contributed by atoms with E-state index >= 15 is 0 Å². The van der Waals surface area contributed by atoms with Gasteiger partial charge in [-0.05, 0) is 18.2 Å². The summed E-state index contributed by atoms with van der Waals surface area (Å²) in [5.41, 5.74) is 5.94. The van der Waals surface area contributed by atoms with Crippen molar-refractivity contribution in [3.63, 3.8) is 0 Å². The van der Waals surface area contributed by atoms with Gasteiger partial charge < -0.3 is 16.2 Å². The average Bonchev–Trinajstić information content (AvgIpc) is 2.28. The first-order valence-corrected chi connectivity index (χ1v) is 5.77. The van der Waals surface area contributed by atoms with Gasteiger partial charge in [-0.3, -0.25) is 4.79 Å². The van der Waals surface area contributed by atoms with Crippen LogP contribution in [0.3, 0.4) is 0 Å². The second kappa shape index (κ2) is 6.19. The smallest absolute Gasteiger partial charge is 0.335 e. The van der Waals surface area contributed by atoms with Crippen molar-refractivity contribution in [2.24, 2.45) is 5.73 Å². The van der Waals surface area contributed by atoms with Gasteiger partial charge in [-0.2, -0.15) is 0 Å². The fraction of sp³-hybridized carbons (Fsp3) is 0.167. The first-order chi connectivity index (χ1) is 8.43. The maximum atomic E-state index is 11.6. The Morgan fingerprint density at radius 2 is 2.17 bits per heavy atom. The molecule has 0 aromatic heterocycles. The first-order valence-electron chi connectivity index (χ1n) is 4.98. The lowest BCUT2D eigenvalue weighted by Crippen LogP contribution is -2.35. The van der Waals surface area contributed by atoms with Crippen LogP contribution in [-0.4, -0.2) is 23.0 Å². The molecule has 1 rings (SSSR count). The van der Waals surface area contributed by atoms with Gasteiger partial charge in [-0.15, -0.1) is 12.3 Å². The standard InChI is InChI=1S/C12H11BrN2O3/c1-2-3-10(14)11(16)15-9-5-7(12(17)18)4-8(13)6-9/h1,4-6,10H,3,14H2,(H,15,16)(H,17,18). The summed E-state index contributed by atoms with van der Waals surface area (Å²) in [5, 5.41) is 11.4. The van der Waals surface area contributed by atoms with Gasteiger partial charge in [-0.25, -0.2) is 4.79 Å². The number of amides is 1. The number of terminal acetylenes is 1. The van der Waals surface area contributed by atoms with E-state index in [2.05, 4.69) is 27.2 Å². The van der Waals surface area contributed by atoms with Crippen molar-refractivity contribution in [2.45, 2.75) is 12.5 Å². The van der Waals surface area contributed by atoms with Crippen molar-refractivity contribution in [3.8, 4) is 12.3 Å². The molecular weight excluding hydrogens is 300 g/mol. The fourth-order valence-electron chi connectivity index (χ4n) is 1.24. The summed E-state index contributed by atoms with van der Waals surface area (Å²) >= 11 is 3.16. The van der Waals surface area contributed by atoms with E-state index < -0.39 is 17.9 Å². The van der Waals surface area contributed by atoms with Crippen molar-refractivity contribution < 1.29 is 14.7 Å². The Morgan fingerprint density at radius 3 is 2.72 bits per heavy atom. The maximum Gasteiger partial charge on any atom is 0.335 e. The third-order valence-corrected chi connectivity index (χ3v) is 2.54. The van der Waals surface area contributed by atoms with E-state index in [0.29, 0.717) is 10.2 Å². The van der Waals surface area contributed by atoms with E-state index in [1.807, 2.05) is 0 Å². The number of carbonyl (C=O) groups is 2. The lowest BCUT2D eigenvalue weighted by Gasteiger charge is -2.10. The zero-order chi connectivity index (χ0) is 13.7. The average molecular weight is 311 g/mol. The third kappa shape index (κ3) is 3.87. The number of nitrogens with two attached hydrogens (primary N) is 1. The molecule has 1 atom stereocenters. The number of carbonyl (C=O) groups excluding carboxylic acids is 1. The zero-order valence-electron chi connectivity index (χ0n) is 9.31. The minimum atomic E-state index is -1.08. The molecule has 0 radical (unpaired) electrons. The molecular formula is C12H11BrN2O3. The van der Waals surface area contributed by atoms with Crippen LogP contribution < -0.4 is 11.1 Å². The van der Waals surface area contributed by atoms with Gasteiger partial charge in [0.15, 0.2) is 0 Å². The molecule has 0 saturated carbocycles. The van der Waals surface area contributed by atoms with Crippen LogP contribution in [0.25, 0.3) is 0 Å². The van der Waals surface area contributed by atoms with Crippen LogP contribution in [0.4, 0.5) is 5.69 Å². The van der Waals surface area contributed by atoms with Gasteiger partial charge >= 0.3 is 5.97 Å². The predicted molar refractivity (Wildman–Crippen MR) is 71.2 cm³/mol. The number of hydrogen-bond donors (Lipinski definition) is 3. The number of carboxylic acids is 1. The summed E-state index contributed by atoms with van der Waals surface area (Å²) in [6.07, 6.45) is 5.17. The number of nitrogens with one attached hydrogen (secondary N) is 1. The maximum absolute atomic E-state index is 11.6. The van der Waals surface area contributed by atoms with Crippen LogP contribution in [0, 0.1) is 12.3 Å². The Kier molecular flexibility index (Phi) is 4.89. The molecule has 1 amide bonds. The normalized spacial score (nSPS) is 11.4. The number of halogens is 1. The molecule has 0 saturated heterocycles. The quantitative estimate of drug-likeness (QED) is 0.734. The first kappa shape index (κ1) is 14.2. The molecule has 18 heavy (non-hydrogen) atoms. The largest absolute Gasteiger partial charge is 0.478 e. The topological polar surface area (TPSA) is 92.4 Å². The molecule has 0 aliphatic heterocycles. The summed E-state index contributed by atoms with van der Waals surface area (Å²) in [6, 6.07) is 3.53. The highest BCUT2D eigenvalue weighted by Gasteiger charge is 2.13. The van der Waals surface area contributed by atoms with Crippen LogP contribution in [0.15, 0.2) is 22.7 Å². The number of benzene rings is 1. The molecule has 4 N–H and O–H groups in total. The van der Waals surface area contributed by atoms with E-state index in [0.717, 1.165) is 0 Å². The summed E-state index contributed by atoms with van der Waals surface area (Å²) in [4.78, 5) is 22.4. The molecule has 1 unspecified atom stereocenters. The lowest BCUT2D eigenvalue weighted by molar-refractivity contribution is -0.117. The van der Waals surface area contributed by atoms with Crippen LogP contribution in [0.5, 0.6) is 0 Å². The molecule has 1 aromatic carbocycles. The van der Waals surface area contributed by atoms with Gasteiger partial charge in [0.25, 0.3) is 0 Å². The molecule has 1 aromatic rings. The number of anilines is 1. The van der Waals surface area contributed by atoms with Gasteiger partial charge in [0.05, 0.1) is 11.6 Å². The van der Waals surface area contributed by atoms with E-state index in [9.17, 15) is 9.59 Å². The van der Waals surface area contributed by atoms with Crippen molar-refractivity contribution in [3.05, 3.63) is 28.2 Å². The van der Waals surface area contributed by atoms with Crippen molar-refractivity contribution >= 4 is 33.5 Å². The Hall–Kier alpha value is -1.84. The Bertz CT molecular complexity index is 523. The highest BCUT2D eigenvalue weighted by molar-refractivity contribution is 9.10. The number of carboxylic acid groups (broad SMARTS) is 1. The summed E-state index contributed by atoms with van der Waals surface area (Å²) in [5.74, 6) is 0.746. The minimum Gasteiger partial charge on any atom is -0.478 e. The number of hydrogen-bond acceptors (Lipinski definition) is 3.